The van der Waals surface area contributed by atoms with E-state index in [1.807, 2.05) is 6.92 Å². The smallest absolute Gasteiger partial charge is 0.137 e. The van der Waals surface area contributed by atoms with Crippen LogP contribution in [0.1, 0.15) is 18.9 Å². The van der Waals surface area contributed by atoms with E-state index in [9.17, 15) is 0 Å². The Balaban J connectivity index is 1.88. The summed E-state index contributed by atoms with van der Waals surface area (Å²) in [5.74, 6) is 1.57. The lowest BCUT2D eigenvalue weighted by Crippen LogP contribution is -2.22. The topological polar surface area (TPSA) is 41.0 Å². The van der Waals surface area contributed by atoms with E-state index in [0.717, 1.165) is 24.5 Å². The number of hydrogen-bond acceptors (Lipinski definition) is 4. The molecule has 0 radical (unpaired) electrons. The van der Waals surface area contributed by atoms with Crippen molar-refractivity contribution in [1.29, 1.82) is 0 Å². The van der Waals surface area contributed by atoms with Crippen LogP contribution >= 0.6 is 11.6 Å². The van der Waals surface area contributed by atoms with Gasteiger partial charge in [0.1, 0.15) is 17.3 Å². The van der Waals surface area contributed by atoms with Gasteiger partial charge in [0.05, 0.1) is 0 Å². The molecule has 1 fully saturated rings. The summed E-state index contributed by atoms with van der Waals surface area (Å²) >= 11 is 5.96. The van der Waals surface area contributed by atoms with Crippen LogP contribution in [0.3, 0.4) is 0 Å². The van der Waals surface area contributed by atoms with Gasteiger partial charge < -0.3 is 10.2 Å². The van der Waals surface area contributed by atoms with Gasteiger partial charge in [0.25, 0.3) is 0 Å². The molecule has 1 N–H and O–H groups in total. The molecule has 94 valence electrons. The minimum atomic E-state index is 0.532. The summed E-state index contributed by atoms with van der Waals surface area (Å²) in [5, 5.41) is 3.91. The fourth-order valence-electron chi connectivity index (χ4n) is 2.21. The molecule has 2 rings (SSSR count). The van der Waals surface area contributed by atoms with Gasteiger partial charge in [0.2, 0.25) is 0 Å². The molecule has 1 aliphatic heterocycles. The first kappa shape index (κ1) is 12.6. The van der Waals surface area contributed by atoms with Gasteiger partial charge in [0, 0.05) is 18.7 Å². The number of halogens is 1. The summed E-state index contributed by atoms with van der Waals surface area (Å²) in [6.07, 6.45) is 2.77. The molecule has 0 bridgehead atoms. The number of anilines is 1. The van der Waals surface area contributed by atoms with E-state index < -0.39 is 0 Å². The van der Waals surface area contributed by atoms with Crippen molar-refractivity contribution in [2.45, 2.75) is 20.3 Å². The summed E-state index contributed by atoms with van der Waals surface area (Å²) in [4.78, 5) is 10.6. The maximum Gasteiger partial charge on any atom is 0.137 e. The lowest BCUT2D eigenvalue weighted by atomic mass is 10.1. The zero-order chi connectivity index (χ0) is 12.3. The molecule has 1 unspecified atom stereocenters. The standard InChI is InChI=1S/C12H19ClN4/c1-3-17-5-4-10(7-17)6-14-12-9(2)11(13)15-8-16-12/h8,10H,3-7H2,1-2H3,(H,14,15,16). The number of likely N-dealkylation sites (tertiary alicyclic amines) is 1. The molecule has 0 amide bonds. The maximum absolute atomic E-state index is 5.96. The van der Waals surface area contributed by atoms with Gasteiger partial charge in [-0.15, -0.1) is 0 Å². The van der Waals surface area contributed by atoms with Crippen LogP contribution in [-0.2, 0) is 0 Å². The predicted octanol–water partition coefficient (Wildman–Crippen LogP) is 2.19. The molecular formula is C12H19ClN4. The first-order chi connectivity index (χ1) is 8.20. The Labute approximate surface area is 107 Å². The van der Waals surface area contributed by atoms with Crippen molar-refractivity contribution in [3.05, 3.63) is 17.0 Å². The Kier molecular flexibility index (Phi) is 4.18. The van der Waals surface area contributed by atoms with Crippen LogP contribution < -0.4 is 5.32 Å². The summed E-state index contributed by atoms with van der Waals surface area (Å²) in [5.41, 5.74) is 0.930. The monoisotopic (exact) mass is 254 g/mol. The molecule has 17 heavy (non-hydrogen) atoms. The minimum absolute atomic E-state index is 0.532. The average molecular weight is 255 g/mol. The zero-order valence-electron chi connectivity index (χ0n) is 10.4. The van der Waals surface area contributed by atoms with Crippen molar-refractivity contribution < 1.29 is 0 Å². The normalized spacial score (nSPS) is 20.8. The van der Waals surface area contributed by atoms with Gasteiger partial charge in [0.15, 0.2) is 0 Å². The molecule has 1 saturated heterocycles. The van der Waals surface area contributed by atoms with Gasteiger partial charge in [-0.25, -0.2) is 9.97 Å². The van der Waals surface area contributed by atoms with E-state index in [-0.39, 0.29) is 0 Å². The van der Waals surface area contributed by atoms with Gasteiger partial charge in [-0.1, -0.05) is 18.5 Å². The Morgan fingerprint density at radius 3 is 3.06 bits per heavy atom. The van der Waals surface area contributed by atoms with Crippen LogP contribution in [0.5, 0.6) is 0 Å². The molecule has 1 aromatic rings. The third-order valence-electron chi connectivity index (χ3n) is 3.40. The second-order valence-electron chi connectivity index (χ2n) is 4.57. The van der Waals surface area contributed by atoms with Gasteiger partial charge in [-0.2, -0.15) is 0 Å². The van der Waals surface area contributed by atoms with E-state index >= 15 is 0 Å². The largest absolute Gasteiger partial charge is 0.369 e. The molecule has 4 nitrogen and oxygen atoms in total. The van der Waals surface area contributed by atoms with Crippen LogP contribution in [0.4, 0.5) is 5.82 Å². The van der Waals surface area contributed by atoms with Gasteiger partial charge >= 0.3 is 0 Å². The predicted molar refractivity (Wildman–Crippen MR) is 70.5 cm³/mol. The van der Waals surface area contributed by atoms with Crippen LogP contribution in [-0.4, -0.2) is 41.0 Å². The maximum atomic E-state index is 5.96. The van der Waals surface area contributed by atoms with Gasteiger partial charge in [-0.05, 0) is 32.4 Å². The van der Waals surface area contributed by atoms with Crippen molar-refractivity contribution in [1.82, 2.24) is 14.9 Å². The van der Waals surface area contributed by atoms with E-state index in [1.54, 1.807) is 0 Å². The minimum Gasteiger partial charge on any atom is -0.369 e. The first-order valence-electron chi connectivity index (χ1n) is 6.14. The third-order valence-corrected chi connectivity index (χ3v) is 3.78. The molecule has 1 atom stereocenters. The lowest BCUT2D eigenvalue weighted by Gasteiger charge is -2.15. The third kappa shape index (κ3) is 3.07. The molecule has 0 saturated carbocycles. The second-order valence-corrected chi connectivity index (χ2v) is 4.92. The number of nitrogens with one attached hydrogen (secondary N) is 1. The highest BCUT2D eigenvalue weighted by Crippen LogP contribution is 2.20. The molecule has 0 aliphatic carbocycles. The lowest BCUT2D eigenvalue weighted by molar-refractivity contribution is 0.345. The number of aromatic nitrogens is 2. The molecule has 5 heteroatoms. The molecule has 1 aromatic heterocycles. The van der Waals surface area contributed by atoms with Crippen LogP contribution in [0.15, 0.2) is 6.33 Å². The second kappa shape index (κ2) is 5.65. The summed E-state index contributed by atoms with van der Waals surface area (Å²) in [6, 6.07) is 0. The van der Waals surface area contributed by atoms with E-state index in [0.29, 0.717) is 11.1 Å². The Hall–Kier alpha value is -0.870. The van der Waals surface area contributed by atoms with E-state index in [4.69, 9.17) is 11.6 Å². The molecule has 0 spiro atoms. The van der Waals surface area contributed by atoms with Crippen molar-refractivity contribution in [3.63, 3.8) is 0 Å². The average Bonchev–Trinajstić information content (AvgIpc) is 2.79. The molecular weight excluding hydrogens is 236 g/mol. The SMILES string of the molecule is CCN1CCC(CNc2ncnc(Cl)c2C)C1. The zero-order valence-corrected chi connectivity index (χ0v) is 11.2. The van der Waals surface area contributed by atoms with Crippen LogP contribution in [0.2, 0.25) is 5.15 Å². The quantitative estimate of drug-likeness (QED) is 0.837. The highest BCUT2D eigenvalue weighted by molar-refractivity contribution is 6.30. The number of rotatable bonds is 4. The fourth-order valence-corrected chi connectivity index (χ4v) is 2.35. The van der Waals surface area contributed by atoms with Crippen molar-refractivity contribution in [2.75, 3.05) is 31.5 Å². The Morgan fingerprint density at radius 2 is 2.35 bits per heavy atom. The van der Waals surface area contributed by atoms with Crippen LogP contribution in [0, 0.1) is 12.8 Å². The van der Waals surface area contributed by atoms with E-state index in [1.165, 1.54) is 25.8 Å². The highest BCUT2D eigenvalue weighted by atomic mass is 35.5. The first-order valence-corrected chi connectivity index (χ1v) is 6.51. The van der Waals surface area contributed by atoms with Crippen molar-refractivity contribution in [3.8, 4) is 0 Å². The molecule has 2 heterocycles. The van der Waals surface area contributed by atoms with Gasteiger partial charge in [-0.3, -0.25) is 0 Å². The fraction of sp³-hybridized carbons (Fsp3) is 0.667. The van der Waals surface area contributed by atoms with Crippen molar-refractivity contribution in [2.24, 2.45) is 5.92 Å². The van der Waals surface area contributed by atoms with Crippen molar-refractivity contribution >= 4 is 17.4 Å². The Bertz CT molecular complexity index is 383. The summed E-state index contributed by atoms with van der Waals surface area (Å²) in [7, 11) is 0. The molecule has 0 aromatic carbocycles. The van der Waals surface area contributed by atoms with Crippen LogP contribution in [0.25, 0.3) is 0 Å². The summed E-state index contributed by atoms with van der Waals surface area (Å²) in [6.45, 7) is 8.66. The Morgan fingerprint density at radius 1 is 1.53 bits per heavy atom. The number of hydrogen-bond donors (Lipinski definition) is 1. The number of nitrogens with zero attached hydrogens (tertiary/aromatic N) is 3. The molecule has 1 aliphatic rings. The highest BCUT2D eigenvalue weighted by Gasteiger charge is 2.21. The summed E-state index contributed by atoms with van der Waals surface area (Å²) < 4.78 is 0. The van der Waals surface area contributed by atoms with E-state index in [2.05, 4.69) is 27.1 Å².